The van der Waals surface area contributed by atoms with Crippen molar-refractivity contribution in [1.82, 2.24) is 15.0 Å². The highest BCUT2D eigenvalue weighted by atomic mass is 35.5. The number of carbonyl (C=O) groups excluding carboxylic acids is 1. The number of amides is 1. The first-order valence-electron chi connectivity index (χ1n) is 7.69. The SMILES string of the molecule is CN(Cc1nc(-c2cccc(Cl)c2)no1)C(=O)Cc1ccc(Cl)cc1F. The van der Waals surface area contributed by atoms with E-state index in [0.717, 1.165) is 0 Å². The molecule has 0 N–H and O–H groups in total. The van der Waals surface area contributed by atoms with Gasteiger partial charge in [0.05, 0.1) is 13.0 Å². The van der Waals surface area contributed by atoms with E-state index in [2.05, 4.69) is 10.1 Å². The quantitative estimate of drug-likeness (QED) is 0.644. The van der Waals surface area contributed by atoms with Gasteiger partial charge in [0.15, 0.2) is 0 Å². The van der Waals surface area contributed by atoms with Crippen molar-refractivity contribution in [2.24, 2.45) is 0 Å². The van der Waals surface area contributed by atoms with Gasteiger partial charge in [0.25, 0.3) is 0 Å². The molecule has 0 bridgehead atoms. The van der Waals surface area contributed by atoms with Crippen LogP contribution in [-0.2, 0) is 17.8 Å². The van der Waals surface area contributed by atoms with E-state index >= 15 is 0 Å². The maximum absolute atomic E-state index is 13.8. The van der Waals surface area contributed by atoms with Gasteiger partial charge in [0, 0.05) is 22.7 Å². The van der Waals surface area contributed by atoms with E-state index in [1.807, 2.05) is 0 Å². The Labute approximate surface area is 159 Å². The molecule has 134 valence electrons. The van der Waals surface area contributed by atoms with Crippen molar-refractivity contribution in [1.29, 1.82) is 0 Å². The van der Waals surface area contributed by atoms with Crippen LogP contribution in [0.4, 0.5) is 4.39 Å². The molecule has 0 unspecified atom stereocenters. The Morgan fingerprint density at radius 1 is 1.19 bits per heavy atom. The van der Waals surface area contributed by atoms with Crippen molar-refractivity contribution >= 4 is 29.1 Å². The molecule has 1 heterocycles. The minimum atomic E-state index is -0.514. The molecule has 5 nitrogen and oxygen atoms in total. The lowest BCUT2D eigenvalue weighted by molar-refractivity contribution is -0.130. The predicted molar refractivity (Wildman–Crippen MR) is 96.3 cm³/mol. The molecule has 3 rings (SSSR count). The maximum Gasteiger partial charge on any atom is 0.246 e. The summed E-state index contributed by atoms with van der Waals surface area (Å²) in [6.07, 6.45) is -0.0885. The van der Waals surface area contributed by atoms with Crippen LogP contribution < -0.4 is 0 Å². The number of halogens is 3. The van der Waals surface area contributed by atoms with E-state index in [9.17, 15) is 9.18 Å². The molecular weight excluding hydrogens is 380 g/mol. The lowest BCUT2D eigenvalue weighted by Gasteiger charge is -2.15. The molecule has 0 saturated heterocycles. The van der Waals surface area contributed by atoms with Gasteiger partial charge in [-0.25, -0.2) is 4.39 Å². The minimum Gasteiger partial charge on any atom is -0.337 e. The monoisotopic (exact) mass is 393 g/mol. The van der Waals surface area contributed by atoms with Gasteiger partial charge in [-0.15, -0.1) is 0 Å². The Hall–Kier alpha value is -2.44. The number of aromatic nitrogens is 2. The zero-order chi connectivity index (χ0) is 18.7. The number of benzene rings is 2. The van der Waals surface area contributed by atoms with Gasteiger partial charge in [-0.2, -0.15) is 4.98 Å². The van der Waals surface area contributed by atoms with Crippen LogP contribution in [0.3, 0.4) is 0 Å². The summed E-state index contributed by atoms with van der Waals surface area (Å²) in [5, 5.41) is 4.74. The Morgan fingerprint density at radius 3 is 2.69 bits per heavy atom. The maximum atomic E-state index is 13.8. The van der Waals surface area contributed by atoms with Gasteiger partial charge in [0.1, 0.15) is 5.82 Å². The molecule has 0 aliphatic carbocycles. The molecule has 3 aromatic rings. The summed E-state index contributed by atoms with van der Waals surface area (Å²) in [6.45, 7) is 0.113. The fraction of sp³-hybridized carbons (Fsp3) is 0.167. The van der Waals surface area contributed by atoms with Crippen molar-refractivity contribution in [3.63, 3.8) is 0 Å². The standard InChI is InChI=1S/C18H14Cl2FN3O2/c1-24(17(25)8-11-5-6-14(20)9-15(11)21)10-16-22-18(23-26-16)12-3-2-4-13(19)7-12/h2-7,9H,8,10H2,1H3. The number of nitrogens with zero attached hydrogens (tertiary/aromatic N) is 3. The summed E-state index contributed by atoms with van der Waals surface area (Å²) in [5.74, 6) is -0.145. The van der Waals surface area contributed by atoms with Crippen LogP contribution in [-0.4, -0.2) is 28.0 Å². The van der Waals surface area contributed by atoms with E-state index in [1.165, 1.54) is 17.0 Å². The first-order valence-corrected chi connectivity index (χ1v) is 8.44. The molecule has 0 spiro atoms. The van der Waals surface area contributed by atoms with E-state index < -0.39 is 5.82 Å². The summed E-state index contributed by atoms with van der Waals surface area (Å²) < 4.78 is 19.0. The van der Waals surface area contributed by atoms with Crippen LogP contribution in [0.25, 0.3) is 11.4 Å². The molecule has 1 amide bonds. The van der Waals surface area contributed by atoms with E-state index in [4.69, 9.17) is 27.7 Å². The number of hydrogen-bond acceptors (Lipinski definition) is 4. The van der Waals surface area contributed by atoms with Gasteiger partial charge in [-0.1, -0.05) is 46.6 Å². The van der Waals surface area contributed by atoms with E-state index in [0.29, 0.717) is 16.4 Å². The summed E-state index contributed by atoms with van der Waals surface area (Å²) in [4.78, 5) is 17.9. The lowest BCUT2D eigenvalue weighted by atomic mass is 10.1. The Kier molecular flexibility index (Phi) is 5.54. The molecule has 0 fully saturated rings. The van der Waals surface area contributed by atoms with Crippen LogP contribution in [0.1, 0.15) is 11.5 Å². The number of rotatable bonds is 5. The molecule has 0 aliphatic heterocycles. The van der Waals surface area contributed by atoms with Gasteiger partial charge in [-0.3, -0.25) is 4.79 Å². The molecule has 8 heteroatoms. The smallest absolute Gasteiger partial charge is 0.246 e. The summed E-state index contributed by atoms with van der Waals surface area (Å²) >= 11 is 11.7. The second kappa shape index (κ2) is 7.85. The zero-order valence-corrected chi connectivity index (χ0v) is 15.3. The third-order valence-electron chi connectivity index (χ3n) is 3.71. The second-order valence-corrected chi connectivity index (χ2v) is 6.56. The highest BCUT2D eigenvalue weighted by Crippen LogP contribution is 2.20. The fourth-order valence-electron chi connectivity index (χ4n) is 2.32. The largest absolute Gasteiger partial charge is 0.337 e. The number of likely N-dealkylation sites (N-methyl/N-ethyl adjacent to an activating group) is 1. The van der Waals surface area contributed by atoms with Crippen molar-refractivity contribution < 1.29 is 13.7 Å². The van der Waals surface area contributed by atoms with Gasteiger partial charge >= 0.3 is 0 Å². The molecule has 0 saturated carbocycles. The topological polar surface area (TPSA) is 59.2 Å². The summed E-state index contributed by atoms with van der Waals surface area (Å²) in [7, 11) is 1.58. The van der Waals surface area contributed by atoms with Gasteiger partial charge in [-0.05, 0) is 29.8 Å². The van der Waals surface area contributed by atoms with E-state index in [-0.39, 0.29) is 35.3 Å². The molecule has 0 atom stereocenters. The molecule has 2 aromatic carbocycles. The first kappa shape index (κ1) is 18.4. The first-order chi connectivity index (χ1) is 12.4. The molecule has 1 aromatic heterocycles. The van der Waals surface area contributed by atoms with Gasteiger partial charge < -0.3 is 9.42 Å². The van der Waals surface area contributed by atoms with Crippen molar-refractivity contribution in [2.75, 3.05) is 7.05 Å². The van der Waals surface area contributed by atoms with Crippen LogP contribution in [0.5, 0.6) is 0 Å². The van der Waals surface area contributed by atoms with E-state index in [1.54, 1.807) is 37.4 Å². The third-order valence-corrected chi connectivity index (χ3v) is 4.18. The fourth-order valence-corrected chi connectivity index (χ4v) is 2.67. The molecule has 0 aliphatic rings. The predicted octanol–water partition coefficient (Wildman–Crippen LogP) is 4.38. The lowest BCUT2D eigenvalue weighted by Crippen LogP contribution is -2.28. The highest BCUT2D eigenvalue weighted by molar-refractivity contribution is 6.31. The van der Waals surface area contributed by atoms with Crippen LogP contribution in [0, 0.1) is 5.82 Å². The number of hydrogen-bond donors (Lipinski definition) is 0. The molecule has 0 radical (unpaired) electrons. The summed E-state index contributed by atoms with van der Waals surface area (Å²) in [5.41, 5.74) is 0.987. The van der Waals surface area contributed by atoms with Gasteiger partial charge in [0.2, 0.25) is 17.6 Å². The number of carbonyl (C=O) groups is 1. The van der Waals surface area contributed by atoms with Crippen molar-refractivity contribution in [3.05, 3.63) is 69.8 Å². The minimum absolute atomic E-state index is 0.0885. The van der Waals surface area contributed by atoms with Crippen LogP contribution in [0.2, 0.25) is 10.0 Å². The molecule has 26 heavy (non-hydrogen) atoms. The Balaban J connectivity index is 1.66. The summed E-state index contributed by atoms with van der Waals surface area (Å²) in [6, 6.07) is 11.3. The molecular formula is C18H14Cl2FN3O2. The van der Waals surface area contributed by atoms with Crippen molar-refractivity contribution in [2.45, 2.75) is 13.0 Å². The van der Waals surface area contributed by atoms with Crippen molar-refractivity contribution in [3.8, 4) is 11.4 Å². The normalized spacial score (nSPS) is 10.8. The zero-order valence-electron chi connectivity index (χ0n) is 13.7. The van der Waals surface area contributed by atoms with Crippen LogP contribution in [0.15, 0.2) is 47.0 Å². The highest BCUT2D eigenvalue weighted by Gasteiger charge is 2.17. The third kappa shape index (κ3) is 4.39. The van der Waals surface area contributed by atoms with Crippen LogP contribution >= 0.6 is 23.2 Å². The second-order valence-electron chi connectivity index (χ2n) is 5.68. The average molecular weight is 394 g/mol. The average Bonchev–Trinajstić information content (AvgIpc) is 3.06. The Morgan fingerprint density at radius 2 is 1.96 bits per heavy atom. The Bertz CT molecular complexity index is 946.